The van der Waals surface area contributed by atoms with E-state index in [1.807, 2.05) is 0 Å². The number of nitrogens with one attached hydrogen (secondary N) is 1. The van der Waals surface area contributed by atoms with Crippen molar-refractivity contribution in [1.82, 2.24) is 5.32 Å². The second-order valence-corrected chi connectivity index (χ2v) is 5.24. The zero-order valence-corrected chi connectivity index (χ0v) is 11.8. The maximum atomic E-state index is 12.9. The SMILES string of the molecule is CC(C)(C)OC(=O)NCCCOc1cc(F)cc(F)c1. The summed E-state index contributed by atoms with van der Waals surface area (Å²) in [6, 6.07) is 2.98. The number of carbonyl (C=O) groups is 1. The molecule has 0 unspecified atom stereocenters. The third kappa shape index (κ3) is 6.92. The van der Waals surface area contributed by atoms with Crippen LogP contribution < -0.4 is 10.1 Å². The van der Waals surface area contributed by atoms with Crippen molar-refractivity contribution in [3.8, 4) is 5.75 Å². The van der Waals surface area contributed by atoms with Gasteiger partial charge in [0.2, 0.25) is 0 Å². The molecule has 0 spiro atoms. The van der Waals surface area contributed by atoms with Gasteiger partial charge in [0.05, 0.1) is 6.61 Å². The Morgan fingerprint density at radius 2 is 1.80 bits per heavy atom. The summed E-state index contributed by atoms with van der Waals surface area (Å²) in [6.07, 6.45) is -0.00788. The fourth-order valence-corrected chi connectivity index (χ4v) is 1.38. The van der Waals surface area contributed by atoms with Gasteiger partial charge in [0.25, 0.3) is 0 Å². The van der Waals surface area contributed by atoms with E-state index in [-0.39, 0.29) is 12.4 Å². The first kappa shape index (κ1) is 16.2. The number of carbonyl (C=O) groups excluding carboxylic acids is 1. The molecule has 1 aromatic rings. The van der Waals surface area contributed by atoms with Crippen LogP contribution in [0.4, 0.5) is 13.6 Å². The number of alkyl carbamates (subject to hydrolysis) is 1. The zero-order valence-electron chi connectivity index (χ0n) is 11.8. The molecular formula is C14H19F2NO3. The first-order chi connectivity index (χ1) is 9.26. The van der Waals surface area contributed by atoms with Crippen LogP contribution in [0.25, 0.3) is 0 Å². The van der Waals surface area contributed by atoms with Gasteiger partial charge in [0.15, 0.2) is 0 Å². The van der Waals surface area contributed by atoms with E-state index in [1.165, 1.54) is 0 Å². The fourth-order valence-electron chi connectivity index (χ4n) is 1.38. The van der Waals surface area contributed by atoms with Gasteiger partial charge in [0.1, 0.15) is 23.0 Å². The molecule has 1 aromatic carbocycles. The normalized spacial score (nSPS) is 11.1. The van der Waals surface area contributed by atoms with Crippen LogP contribution in [0.3, 0.4) is 0 Å². The summed E-state index contributed by atoms with van der Waals surface area (Å²) in [7, 11) is 0. The molecule has 6 heteroatoms. The molecule has 4 nitrogen and oxygen atoms in total. The molecule has 0 heterocycles. The number of ether oxygens (including phenoxy) is 2. The molecule has 1 N–H and O–H groups in total. The summed E-state index contributed by atoms with van der Waals surface area (Å²) in [5.74, 6) is -1.25. The third-order valence-corrected chi connectivity index (χ3v) is 2.09. The van der Waals surface area contributed by atoms with Crippen molar-refractivity contribution < 1.29 is 23.0 Å². The van der Waals surface area contributed by atoms with Gasteiger partial charge in [-0.2, -0.15) is 0 Å². The minimum atomic E-state index is -0.688. The van der Waals surface area contributed by atoms with Crippen molar-refractivity contribution >= 4 is 6.09 Å². The average Bonchev–Trinajstić information content (AvgIpc) is 2.24. The highest BCUT2D eigenvalue weighted by molar-refractivity contribution is 5.67. The van der Waals surface area contributed by atoms with Crippen LogP contribution in [0, 0.1) is 11.6 Å². The molecule has 0 aliphatic rings. The number of benzene rings is 1. The van der Waals surface area contributed by atoms with Crippen LogP contribution in [-0.2, 0) is 4.74 Å². The van der Waals surface area contributed by atoms with Crippen molar-refractivity contribution in [2.75, 3.05) is 13.2 Å². The maximum absolute atomic E-state index is 12.9. The van der Waals surface area contributed by atoms with E-state index in [9.17, 15) is 13.6 Å². The lowest BCUT2D eigenvalue weighted by Crippen LogP contribution is -2.33. The predicted octanol–water partition coefficient (Wildman–Crippen LogP) is 3.26. The molecule has 0 aromatic heterocycles. The summed E-state index contributed by atoms with van der Waals surface area (Å²) in [5, 5.41) is 2.56. The predicted molar refractivity (Wildman–Crippen MR) is 70.7 cm³/mol. The lowest BCUT2D eigenvalue weighted by atomic mass is 10.2. The number of hydrogen-bond donors (Lipinski definition) is 1. The molecule has 1 rings (SSSR count). The molecule has 0 saturated carbocycles. The molecule has 20 heavy (non-hydrogen) atoms. The van der Waals surface area contributed by atoms with E-state index >= 15 is 0 Å². The molecule has 0 atom stereocenters. The first-order valence-corrected chi connectivity index (χ1v) is 6.32. The summed E-state index contributed by atoms with van der Waals surface area (Å²) >= 11 is 0. The van der Waals surface area contributed by atoms with E-state index in [4.69, 9.17) is 9.47 Å². The number of rotatable bonds is 5. The van der Waals surface area contributed by atoms with Crippen LogP contribution in [0.5, 0.6) is 5.75 Å². The van der Waals surface area contributed by atoms with Gasteiger partial charge >= 0.3 is 6.09 Å². The molecule has 0 bridgehead atoms. The largest absolute Gasteiger partial charge is 0.493 e. The fraction of sp³-hybridized carbons (Fsp3) is 0.500. The molecule has 112 valence electrons. The molecule has 0 saturated heterocycles. The van der Waals surface area contributed by atoms with Crippen molar-refractivity contribution in [3.05, 3.63) is 29.8 Å². The van der Waals surface area contributed by atoms with E-state index in [0.717, 1.165) is 18.2 Å². The Balaban J connectivity index is 2.20. The lowest BCUT2D eigenvalue weighted by molar-refractivity contribution is 0.0525. The highest BCUT2D eigenvalue weighted by atomic mass is 19.1. The standard InChI is InChI=1S/C14H19F2NO3/c1-14(2,3)20-13(18)17-5-4-6-19-12-8-10(15)7-11(16)9-12/h7-9H,4-6H2,1-3H3,(H,17,18). The Morgan fingerprint density at radius 1 is 1.20 bits per heavy atom. The van der Waals surface area contributed by atoms with Gasteiger partial charge in [0, 0.05) is 24.7 Å². The van der Waals surface area contributed by atoms with Crippen molar-refractivity contribution in [1.29, 1.82) is 0 Å². The molecular weight excluding hydrogens is 268 g/mol. The van der Waals surface area contributed by atoms with Crippen molar-refractivity contribution in [3.63, 3.8) is 0 Å². The quantitative estimate of drug-likeness (QED) is 0.846. The van der Waals surface area contributed by atoms with Gasteiger partial charge in [-0.1, -0.05) is 0 Å². The number of halogens is 2. The third-order valence-electron chi connectivity index (χ3n) is 2.09. The van der Waals surface area contributed by atoms with Crippen LogP contribution in [0.15, 0.2) is 18.2 Å². The molecule has 0 radical (unpaired) electrons. The Bertz CT molecular complexity index is 438. The topological polar surface area (TPSA) is 47.6 Å². The summed E-state index contributed by atoms with van der Waals surface area (Å²) in [4.78, 5) is 11.3. The number of amides is 1. The Morgan fingerprint density at radius 3 is 2.35 bits per heavy atom. The maximum Gasteiger partial charge on any atom is 0.407 e. The van der Waals surface area contributed by atoms with Crippen molar-refractivity contribution in [2.24, 2.45) is 0 Å². The smallest absolute Gasteiger partial charge is 0.407 e. The summed E-state index contributed by atoms with van der Waals surface area (Å²) in [6.45, 7) is 5.90. The minimum absolute atomic E-state index is 0.125. The van der Waals surface area contributed by atoms with E-state index < -0.39 is 23.3 Å². The Labute approximate surface area is 117 Å². The van der Waals surface area contributed by atoms with Gasteiger partial charge in [-0.25, -0.2) is 13.6 Å². The van der Waals surface area contributed by atoms with E-state index in [0.29, 0.717) is 13.0 Å². The molecule has 0 aliphatic heterocycles. The Hall–Kier alpha value is -1.85. The van der Waals surface area contributed by atoms with Crippen LogP contribution in [-0.4, -0.2) is 24.8 Å². The highest BCUT2D eigenvalue weighted by Crippen LogP contribution is 2.15. The summed E-state index contributed by atoms with van der Waals surface area (Å²) in [5.41, 5.74) is -0.542. The van der Waals surface area contributed by atoms with Crippen molar-refractivity contribution in [2.45, 2.75) is 32.8 Å². The second-order valence-electron chi connectivity index (χ2n) is 5.24. The van der Waals surface area contributed by atoms with Crippen LogP contribution in [0.1, 0.15) is 27.2 Å². The molecule has 0 aliphatic carbocycles. The molecule has 0 fully saturated rings. The Kier molecular flexibility index (Phi) is 5.73. The van der Waals surface area contributed by atoms with Gasteiger partial charge in [-0.3, -0.25) is 0 Å². The number of hydrogen-bond acceptors (Lipinski definition) is 3. The second kappa shape index (κ2) is 7.07. The van der Waals surface area contributed by atoms with Crippen LogP contribution in [0.2, 0.25) is 0 Å². The van der Waals surface area contributed by atoms with E-state index in [2.05, 4.69) is 5.32 Å². The lowest BCUT2D eigenvalue weighted by Gasteiger charge is -2.19. The van der Waals surface area contributed by atoms with E-state index in [1.54, 1.807) is 20.8 Å². The monoisotopic (exact) mass is 287 g/mol. The van der Waals surface area contributed by atoms with Gasteiger partial charge in [-0.15, -0.1) is 0 Å². The zero-order chi connectivity index (χ0) is 15.2. The minimum Gasteiger partial charge on any atom is -0.493 e. The van der Waals surface area contributed by atoms with Gasteiger partial charge in [-0.05, 0) is 27.2 Å². The molecule has 1 amide bonds. The highest BCUT2D eigenvalue weighted by Gasteiger charge is 2.15. The average molecular weight is 287 g/mol. The first-order valence-electron chi connectivity index (χ1n) is 6.32. The van der Waals surface area contributed by atoms with Crippen LogP contribution >= 0.6 is 0 Å². The van der Waals surface area contributed by atoms with Gasteiger partial charge < -0.3 is 14.8 Å². The summed E-state index contributed by atoms with van der Waals surface area (Å²) < 4.78 is 36.0.